The van der Waals surface area contributed by atoms with Crippen molar-refractivity contribution < 1.29 is 19.0 Å². The van der Waals surface area contributed by atoms with Crippen LogP contribution in [-0.2, 0) is 4.74 Å². The van der Waals surface area contributed by atoms with Gasteiger partial charge in [0.2, 0.25) is 0 Å². The lowest BCUT2D eigenvalue weighted by Gasteiger charge is -2.15. The Morgan fingerprint density at radius 3 is 2.24 bits per heavy atom. The average Bonchev–Trinajstić information content (AvgIpc) is 2.49. The van der Waals surface area contributed by atoms with Gasteiger partial charge in [-0.25, -0.2) is 4.79 Å². The third-order valence-electron chi connectivity index (χ3n) is 3.74. The molecule has 0 atom stereocenters. The number of methoxy groups -OCH3 is 1. The van der Waals surface area contributed by atoms with E-state index in [0.717, 1.165) is 31.2 Å². The first-order valence-electron chi connectivity index (χ1n) is 7.71. The zero-order valence-corrected chi connectivity index (χ0v) is 12.9. The SMILES string of the molecule is COc1cc(C)c2c(c1)OCCCCCCCCOC2=O. The van der Waals surface area contributed by atoms with E-state index in [1.807, 2.05) is 13.0 Å². The summed E-state index contributed by atoms with van der Waals surface area (Å²) in [6.07, 6.45) is 6.61. The van der Waals surface area contributed by atoms with Crippen molar-refractivity contribution in [2.75, 3.05) is 20.3 Å². The molecule has 1 heterocycles. The summed E-state index contributed by atoms with van der Waals surface area (Å²) in [5.41, 5.74) is 1.35. The minimum absolute atomic E-state index is 0.301. The highest BCUT2D eigenvalue weighted by Crippen LogP contribution is 2.30. The Labute approximate surface area is 126 Å². The van der Waals surface area contributed by atoms with E-state index in [0.29, 0.717) is 30.3 Å². The van der Waals surface area contributed by atoms with Crippen molar-refractivity contribution in [2.45, 2.75) is 45.4 Å². The van der Waals surface area contributed by atoms with Crippen molar-refractivity contribution in [1.29, 1.82) is 0 Å². The summed E-state index contributed by atoms with van der Waals surface area (Å²) in [5.74, 6) is 0.962. The van der Waals surface area contributed by atoms with Crippen LogP contribution < -0.4 is 9.47 Å². The van der Waals surface area contributed by atoms with Crippen LogP contribution in [0.15, 0.2) is 12.1 Å². The molecule has 1 aliphatic heterocycles. The van der Waals surface area contributed by atoms with Gasteiger partial charge in [-0.05, 0) is 31.4 Å². The normalized spacial score (nSPS) is 17.3. The highest BCUT2D eigenvalue weighted by Gasteiger charge is 2.19. The molecule has 0 saturated heterocycles. The second-order valence-corrected chi connectivity index (χ2v) is 5.42. The van der Waals surface area contributed by atoms with Gasteiger partial charge in [-0.15, -0.1) is 0 Å². The van der Waals surface area contributed by atoms with Crippen molar-refractivity contribution in [2.24, 2.45) is 0 Å². The van der Waals surface area contributed by atoms with Gasteiger partial charge in [0.25, 0.3) is 0 Å². The fourth-order valence-electron chi connectivity index (χ4n) is 2.55. The molecule has 2 rings (SSSR count). The Hall–Kier alpha value is -1.71. The van der Waals surface area contributed by atoms with E-state index in [4.69, 9.17) is 14.2 Å². The number of benzene rings is 1. The molecule has 1 aromatic rings. The molecule has 0 amide bonds. The Morgan fingerprint density at radius 2 is 1.57 bits per heavy atom. The van der Waals surface area contributed by atoms with Crippen LogP contribution in [0.1, 0.15) is 54.4 Å². The van der Waals surface area contributed by atoms with Gasteiger partial charge in [0.05, 0.1) is 20.3 Å². The predicted octanol–water partition coefficient (Wildman–Crippen LogP) is 3.89. The lowest BCUT2D eigenvalue weighted by molar-refractivity contribution is 0.0493. The van der Waals surface area contributed by atoms with E-state index in [1.165, 1.54) is 12.8 Å². The number of ether oxygens (including phenoxy) is 3. The van der Waals surface area contributed by atoms with E-state index in [1.54, 1.807) is 13.2 Å². The van der Waals surface area contributed by atoms with Crippen LogP contribution in [0.2, 0.25) is 0 Å². The first-order chi connectivity index (χ1) is 10.2. The molecule has 0 spiro atoms. The maximum Gasteiger partial charge on any atom is 0.342 e. The number of cyclic esters (lactones) is 1. The molecule has 4 heteroatoms. The summed E-state index contributed by atoms with van der Waals surface area (Å²) in [4.78, 5) is 12.3. The topological polar surface area (TPSA) is 44.8 Å². The van der Waals surface area contributed by atoms with Crippen molar-refractivity contribution in [3.8, 4) is 11.5 Å². The molecular formula is C17H24O4. The van der Waals surface area contributed by atoms with E-state index in [-0.39, 0.29) is 5.97 Å². The molecule has 116 valence electrons. The Morgan fingerprint density at radius 1 is 0.952 bits per heavy atom. The van der Waals surface area contributed by atoms with Gasteiger partial charge >= 0.3 is 5.97 Å². The van der Waals surface area contributed by atoms with Gasteiger partial charge in [-0.1, -0.05) is 25.7 Å². The zero-order valence-electron chi connectivity index (χ0n) is 12.9. The molecule has 1 aliphatic rings. The number of rotatable bonds is 1. The number of fused-ring (bicyclic) bond motifs is 1. The van der Waals surface area contributed by atoms with Crippen LogP contribution in [0.4, 0.5) is 0 Å². The minimum Gasteiger partial charge on any atom is -0.497 e. The number of hydrogen-bond donors (Lipinski definition) is 0. The third kappa shape index (κ3) is 4.38. The zero-order chi connectivity index (χ0) is 15.1. The molecule has 4 nitrogen and oxygen atoms in total. The molecule has 0 unspecified atom stereocenters. The van der Waals surface area contributed by atoms with Gasteiger partial charge in [0.15, 0.2) is 0 Å². The molecule has 1 aromatic carbocycles. The van der Waals surface area contributed by atoms with E-state index < -0.39 is 0 Å². The van der Waals surface area contributed by atoms with Crippen molar-refractivity contribution in [1.82, 2.24) is 0 Å². The smallest absolute Gasteiger partial charge is 0.342 e. The lowest BCUT2D eigenvalue weighted by atomic mass is 10.1. The number of esters is 1. The maximum absolute atomic E-state index is 12.3. The van der Waals surface area contributed by atoms with E-state index in [9.17, 15) is 4.79 Å². The fourth-order valence-corrected chi connectivity index (χ4v) is 2.55. The highest BCUT2D eigenvalue weighted by molar-refractivity contribution is 5.94. The van der Waals surface area contributed by atoms with Crippen LogP contribution in [-0.4, -0.2) is 26.3 Å². The lowest BCUT2D eigenvalue weighted by Crippen LogP contribution is -2.11. The maximum atomic E-state index is 12.3. The summed E-state index contributed by atoms with van der Waals surface area (Å²) in [6.45, 7) is 2.97. The van der Waals surface area contributed by atoms with Crippen LogP contribution in [0.3, 0.4) is 0 Å². The number of carbonyl (C=O) groups is 1. The van der Waals surface area contributed by atoms with Crippen LogP contribution >= 0.6 is 0 Å². The molecule has 0 saturated carbocycles. The molecule has 0 aromatic heterocycles. The Bertz CT molecular complexity index is 482. The Kier molecular flexibility index (Phi) is 5.90. The van der Waals surface area contributed by atoms with Crippen molar-refractivity contribution in [3.05, 3.63) is 23.3 Å². The first-order valence-corrected chi connectivity index (χ1v) is 7.71. The second kappa shape index (κ2) is 7.91. The predicted molar refractivity (Wildman–Crippen MR) is 81.2 cm³/mol. The largest absolute Gasteiger partial charge is 0.497 e. The van der Waals surface area contributed by atoms with E-state index in [2.05, 4.69) is 0 Å². The summed E-state index contributed by atoms with van der Waals surface area (Å²) >= 11 is 0. The quantitative estimate of drug-likeness (QED) is 0.737. The third-order valence-corrected chi connectivity index (χ3v) is 3.74. The first kappa shape index (κ1) is 15.7. The molecule has 0 fully saturated rings. The minimum atomic E-state index is -0.301. The standard InChI is InChI=1S/C17H24O4/c1-13-11-14(19-2)12-15-16(13)17(18)21-10-8-6-4-3-5-7-9-20-15/h11-12H,3-10H2,1-2H3. The summed E-state index contributed by atoms with van der Waals surface area (Å²) in [5, 5.41) is 0. The van der Waals surface area contributed by atoms with Gasteiger partial charge in [0.1, 0.15) is 17.1 Å². The summed E-state index contributed by atoms with van der Waals surface area (Å²) < 4.78 is 16.4. The van der Waals surface area contributed by atoms with Crippen LogP contribution in [0.5, 0.6) is 11.5 Å². The molecule has 21 heavy (non-hydrogen) atoms. The van der Waals surface area contributed by atoms with Gasteiger partial charge in [-0.3, -0.25) is 0 Å². The monoisotopic (exact) mass is 292 g/mol. The number of aryl methyl sites for hydroxylation is 1. The van der Waals surface area contributed by atoms with E-state index >= 15 is 0 Å². The van der Waals surface area contributed by atoms with Gasteiger partial charge in [-0.2, -0.15) is 0 Å². The fraction of sp³-hybridized carbons (Fsp3) is 0.588. The molecule has 0 aliphatic carbocycles. The molecular weight excluding hydrogens is 268 g/mol. The molecule has 0 bridgehead atoms. The molecule has 0 N–H and O–H groups in total. The van der Waals surface area contributed by atoms with Gasteiger partial charge < -0.3 is 14.2 Å². The average molecular weight is 292 g/mol. The Balaban J connectivity index is 2.25. The number of carbonyl (C=O) groups excluding carboxylic acids is 1. The highest BCUT2D eigenvalue weighted by atomic mass is 16.5. The summed E-state index contributed by atoms with van der Waals surface area (Å²) in [7, 11) is 1.61. The van der Waals surface area contributed by atoms with Crippen molar-refractivity contribution in [3.63, 3.8) is 0 Å². The second-order valence-electron chi connectivity index (χ2n) is 5.42. The van der Waals surface area contributed by atoms with Gasteiger partial charge in [0, 0.05) is 6.07 Å². The van der Waals surface area contributed by atoms with Crippen LogP contribution in [0.25, 0.3) is 0 Å². The number of hydrogen-bond acceptors (Lipinski definition) is 4. The summed E-state index contributed by atoms with van der Waals surface area (Å²) in [6, 6.07) is 3.60. The van der Waals surface area contributed by atoms with Crippen LogP contribution in [0, 0.1) is 6.92 Å². The molecule has 0 radical (unpaired) electrons. The van der Waals surface area contributed by atoms with Crippen molar-refractivity contribution >= 4 is 5.97 Å².